The SMILES string of the molecule is Cc1cc(C)c(C(Br)CC2CCCCC2)s1. The van der Waals surface area contributed by atoms with E-state index >= 15 is 0 Å². The number of hydrogen-bond donors (Lipinski definition) is 0. The monoisotopic (exact) mass is 300 g/mol. The summed E-state index contributed by atoms with van der Waals surface area (Å²) < 4.78 is 0. The topological polar surface area (TPSA) is 0 Å². The zero-order valence-electron chi connectivity index (χ0n) is 10.3. The molecule has 2 rings (SSSR count). The van der Waals surface area contributed by atoms with Gasteiger partial charge in [0.2, 0.25) is 0 Å². The quantitative estimate of drug-likeness (QED) is 0.622. The lowest BCUT2D eigenvalue weighted by Crippen LogP contribution is -2.08. The number of aryl methyl sites for hydroxylation is 2. The van der Waals surface area contributed by atoms with Crippen LogP contribution in [0, 0.1) is 19.8 Å². The van der Waals surface area contributed by atoms with Gasteiger partial charge < -0.3 is 0 Å². The molecule has 1 fully saturated rings. The zero-order chi connectivity index (χ0) is 11.5. The van der Waals surface area contributed by atoms with Gasteiger partial charge in [-0.05, 0) is 37.8 Å². The van der Waals surface area contributed by atoms with E-state index in [1.54, 1.807) is 4.88 Å². The first-order valence-corrected chi connectivity index (χ1v) is 8.11. The van der Waals surface area contributed by atoms with Crippen molar-refractivity contribution in [2.45, 2.75) is 57.2 Å². The molecule has 0 N–H and O–H groups in total. The maximum Gasteiger partial charge on any atom is 0.0494 e. The van der Waals surface area contributed by atoms with Crippen LogP contribution in [0.25, 0.3) is 0 Å². The summed E-state index contributed by atoms with van der Waals surface area (Å²) in [6.07, 6.45) is 8.60. The summed E-state index contributed by atoms with van der Waals surface area (Å²) in [6, 6.07) is 2.31. The van der Waals surface area contributed by atoms with E-state index in [1.807, 2.05) is 11.3 Å². The van der Waals surface area contributed by atoms with Gasteiger partial charge in [0.1, 0.15) is 0 Å². The van der Waals surface area contributed by atoms with Crippen molar-refractivity contribution in [3.63, 3.8) is 0 Å². The number of alkyl halides is 1. The Morgan fingerprint density at radius 1 is 1.31 bits per heavy atom. The van der Waals surface area contributed by atoms with Gasteiger partial charge in [0.15, 0.2) is 0 Å². The Bertz CT molecular complexity index is 337. The molecule has 0 amide bonds. The minimum absolute atomic E-state index is 0.592. The largest absolute Gasteiger partial charge is 0.144 e. The highest BCUT2D eigenvalue weighted by atomic mass is 79.9. The van der Waals surface area contributed by atoms with Crippen molar-refractivity contribution < 1.29 is 0 Å². The van der Waals surface area contributed by atoms with E-state index in [4.69, 9.17) is 0 Å². The molecule has 0 bridgehead atoms. The Balaban J connectivity index is 1.96. The molecule has 1 aromatic heterocycles. The van der Waals surface area contributed by atoms with Crippen LogP contribution >= 0.6 is 27.3 Å². The highest BCUT2D eigenvalue weighted by molar-refractivity contribution is 9.09. The van der Waals surface area contributed by atoms with Gasteiger partial charge in [0.25, 0.3) is 0 Å². The molecule has 1 unspecified atom stereocenters. The van der Waals surface area contributed by atoms with Crippen LogP contribution in [0.3, 0.4) is 0 Å². The molecule has 1 saturated carbocycles. The van der Waals surface area contributed by atoms with Crippen molar-refractivity contribution in [3.8, 4) is 0 Å². The van der Waals surface area contributed by atoms with Gasteiger partial charge in [0.05, 0.1) is 0 Å². The van der Waals surface area contributed by atoms with Crippen molar-refractivity contribution >= 4 is 27.3 Å². The highest BCUT2D eigenvalue weighted by Gasteiger charge is 2.20. The van der Waals surface area contributed by atoms with E-state index in [0.717, 1.165) is 5.92 Å². The molecule has 1 atom stereocenters. The molecule has 90 valence electrons. The number of hydrogen-bond acceptors (Lipinski definition) is 1. The minimum atomic E-state index is 0.592. The first-order valence-electron chi connectivity index (χ1n) is 6.38. The van der Waals surface area contributed by atoms with Crippen LogP contribution in [-0.4, -0.2) is 0 Å². The molecule has 1 aliphatic carbocycles. The normalized spacial score (nSPS) is 19.9. The summed E-state index contributed by atoms with van der Waals surface area (Å²) in [5, 5.41) is 0. The van der Waals surface area contributed by atoms with E-state index in [2.05, 4.69) is 35.8 Å². The van der Waals surface area contributed by atoms with Gasteiger partial charge >= 0.3 is 0 Å². The van der Waals surface area contributed by atoms with Crippen LogP contribution in [0.15, 0.2) is 6.07 Å². The molecule has 0 saturated heterocycles. The molecule has 16 heavy (non-hydrogen) atoms. The van der Waals surface area contributed by atoms with Gasteiger partial charge in [0, 0.05) is 14.6 Å². The standard InChI is InChI=1S/C14H21BrS/c1-10-8-11(2)16-14(10)13(15)9-12-6-4-3-5-7-12/h8,12-13H,3-7,9H2,1-2H3. The summed E-state index contributed by atoms with van der Waals surface area (Å²) in [6.45, 7) is 4.45. The third-order valence-corrected chi connectivity index (χ3v) is 6.03. The fourth-order valence-corrected chi connectivity index (χ4v) is 4.99. The summed E-state index contributed by atoms with van der Waals surface area (Å²) in [4.78, 5) is 3.60. The smallest absolute Gasteiger partial charge is 0.0494 e. The Kier molecular flexibility index (Phi) is 4.48. The molecule has 0 radical (unpaired) electrons. The van der Waals surface area contributed by atoms with Gasteiger partial charge in [-0.25, -0.2) is 0 Å². The molecule has 2 heteroatoms. The van der Waals surface area contributed by atoms with Gasteiger partial charge in [-0.3, -0.25) is 0 Å². The summed E-state index contributed by atoms with van der Waals surface area (Å²) in [5.74, 6) is 0.958. The number of rotatable bonds is 3. The van der Waals surface area contributed by atoms with Crippen LogP contribution in [0.4, 0.5) is 0 Å². The lowest BCUT2D eigenvalue weighted by atomic mass is 9.86. The Morgan fingerprint density at radius 2 is 2.00 bits per heavy atom. The van der Waals surface area contributed by atoms with Crippen molar-refractivity contribution in [2.75, 3.05) is 0 Å². The van der Waals surface area contributed by atoms with Crippen LogP contribution in [0.2, 0.25) is 0 Å². The second-order valence-corrected chi connectivity index (χ2v) is 7.50. The second kappa shape index (κ2) is 5.68. The predicted octanol–water partition coefficient (Wildman–Crippen LogP) is 5.77. The second-order valence-electron chi connectivity index (χ2n) is 5.11. The minimum Gasteiger partial charge on any atom is -0.144 e. The molecular weight excluding hydrogens is 280 g/mol. The molecule has 1 heterocycles. The molecule has 0 aromatic carbocycles. The van der Waals surface area contributed by atoms with Crippen LogP contribution in [-0.2, 0) is 0 Å². The fraction of sp³-hybridized carbons (Fsp3) is 0.714. The third kappa shape index (κ3) is 3.10. The molecule has 1 aromatic rings. The first kappa shape index (κ1) is 12.6. The Hall–Kier alpha value is 0.180. The lowest BCUT2D eigenvalue weighted by molar-refractivity contribution is 0.339. The van der Waals surface area contributed by atoms with E-state index < -0.39 is 0 Å². The van der Waals surface area contributed by atoms with Crippen molar-refractivity contribution in [2.24, 2.45) is 5.92 Å². The average Bonchev–Trinajstić information content (AvgIpc) is 2.59. The van der Waals surface area contributed by atoms with Crippen LogP contribution in [0.1, 0.15) is 58.7 Å². The molecule has 0 aliphatic heterocycles. The molecule has 0 nitrogen and oxygen atoms in total. The van der Waals surface area contributed by atoms with E-state index in [-0.39, 0.29) is 0 Å². The summed E-state index contributed by atoms with van der Waals surface area (Å²) in [5.41, 5.74) is 1.47. The highest BCUT2D eigenvalue weighted by Crippen LogP contribution is 2.40. The molecule has 0 spiro atoms. The van der Waals surface area contributed by atoms with E-state index in [9.17, 15) is 0 Å². The van der Waals surface area contributed by atoms with Crippen LogP contribution < -0.4 is 0 Å². The maximum atomic E-state index is 3.90. The van der Waals surface area contributed by atoms with E-state index in [0.29, 0.717) is 4.83 Å². The van der Waals surface area contributed by atoms with Gasteiger partial charge in [-0.2, -0.15) is 0 Å². The van der Waals surface area contributed by atoms with Crippen molar-refractivity contribution in [1.29, 1.82) is 0 Å². The number of halogens is 1. The Labute approximate surface area is 112 Å². The fourth-order valence-electron chi connectivity index (χ4n) is 2.79. The predicted molar refractivity (Wildman–Crippen MR) is 76.7 cm³/mol. The lowest BCUT2D eigenvalue weighted by Gasteiger charge is -2.23. The molecular formula is C14H21BrS. The zero-order valence-corrected chi connectivity index (χ0v) is 12.7. The average molecular weight is 301 g/mol. The summed E-state index contributed by atoms with van der Waals surface area (Å²) in [7, 11) is 0. The van der Waals surface area contributed by atoms with Crippen LogP contribution in [0.5, 0.6) is 0 Å². The van der Waals surface area contributed by atoms with Crippen molar-refractivity contribution in [3.05, 3.63) is 21.4 Å². The van der Waals surface area contributed by atoms with Gasteiger partial charge in [-0.15, -0.1) is 11.3 Å². The Morgan fingerprint density at radius 3 is 2.56 bits per heavy atom. The first-order chi connectivity index (χ1) is 7.66. The maximum absolute atomic E-state index is 3.90. The summed E-state index contributed by atoms with van der Waals surface area (Å²) >= 11 is 5.86. The van der Waals surface area contributed by atoms with Crippen molar-refractivity contribution in [1.82, 2.24) is 0 Å². The molecule has 1 aliphatic rings. The van der Waals surface area contributed by atoms with Gasteiger partial charge in [-0.1, -0.05) is 48.0 Å². The van der Waals surface area contributed by atoms with E-state index in [1.165, 1.54) is 49.0 Å². The number of thiophene rings is 1. The third-order valence-electron chi connectivity index (χ3n) is 3.63.